The van der Waals surface area contributed by atoms with Crippen LogP contribution in [-0.4, -0.2) is 41.6 Å². The average molecular weight is 416 g/mol. The van der Waals surface area contributed by atoms with Gasteiger partial charge in [0.15, 0.2) is 0 Å². The number of nitro benzene ring substituents is 2. The van der Waals surface area contributed by atoms with E-state index in [1.54, 1.807) is 7.11 Å². The normalized spacial score (nSPS) is 12.2. The molecule has 0 saturated carbocycles. The third-order valence-corrected chi connectivity index (χ3v) is 5.68. The van der Waals surface area contributed by atoms with Crippen LogP contribution in [0.3, 0.4) is 0 Å². The second kappa shape index (κ2) is 9.03. The van der Waals surface area contributed by atoms with Crippen molar-refractivity contribution >= 4 is 34.0 Å². The first-order chi connectivity index (χ1) is 13.9. The van der Waals surface area contributed by atoms with E-state index in [-0.39, 0.29) is 17.4 Å². The number of likely N-dealkylation sites (N-methyl/N-ethyl adjacent to an activating group) is 1. The number of aromatic nitrogens is 1. The second-order valence-corrected chi connectivity index (χ2v) is 7.44. The Morgan fingerprint density at radius 3 is 2.59 bits per heavy atom. The Bertz CT molecular complexity index is 1050. The van der Waals surface area contributed by atoms with Crippen LogP contribution < -0.4 is 5.32 Å². The van der Waals surface area contributed by atoms with Crippen molar-refractivity contribution in [2.75, 3.05) is 20.8 Å². The number of hydrogen-bond acceptors (Lipinski definition) is 7. The lowest BCUT2D eigenvalue weighted by atomic mass is 10.1. The summed E-state index contributed by atoms with van der Waals surface area (Å²) in [6, 6.07) is 11.5. The Balaban J connectivity index is 2.05. The smallest absolute Gasteiger partial charge is 0.290 e. The van der Waals surface area contributed by atoms with Gasteiger partial charge in [0.2, 0.25) is 0 Å². The summed E-state index contributed by atoms with van der Waals surface area (Å²) < 4.78 is 5.27. The fourth-order valence-corrected chi connectivity index (χ4v) is 4.19. The molecule has 3 aromatic rings. The fraction of sp³-hybridized carbons (Fsp3) is 0.263. The number of para-hydroxylation sites is 1. The maximum atomic E-state index is 11.5. The molecule has 0 aliphatic rings. The topological polar surface area (TPSA) is 123 Å². The molecule has 0 saturated heterocycles. The largest absolute Gasteiger partial charge is 0.383 e. The standard InChI is InChI=1S/C19H20N4O5S/c1-20-12(11-28-2)9-15-14-5-3-4-6-16(14)21-19(15)29-18-8-7-13(22(24)25)10-17(18)23(26)27/h3-8,10,12,20-21H,9,11H2,1-2H3. The molecule has 1 aromatic heterocycles. The zero-order chi connectivity index (χ0) is 21.0. The minimum Gasteiger partial charge on any atom is -0.383 e. The van der Waals surface area contributed by atoms with Crippen LogP contribution in [0.4, 0.5) is 11.4 Å². The lowest BCUT2D eigenvalue weighted by Crippen LogP contribution is -2.32. The Morgan fingerprint density at radius 1 is 1.17 bits per heavy atom. The molecule has 1 heterocycles. The van der Waals surface area contributed by atoms with Gasteiger partial charge in [0.1, 0.15) is 0 Å². The minimum absolute atomic E-state index is 0.0606. The van der Waals surface area contributed by atoms with E-state index in [0.29, 0.717) is 17.9 Å². The number of fused-ring (bicyclic) bond motifs is 1. The van der Waals surface area contributed by atoms with E-state index in [9.17, 15) is 20.2 Å². The molecule has 0 bridgehead atoms. The number of H-pyrrole nitrogens is 1. The van der Waals surface area contributed by atoms with Gasteiger partial charge < -0.3 is 15.0 Å². The number of ether oxygens (including phenoxy) is 1. The van der Waals surface area contributed by atoms with Gasteiger partial charge in [0.05, 0.1) is 32.4 Å². The first kappa shape index (κ1) is 20.8. The van der Waals surface area contributed by atoms with Gasteiger partial charge in [-0.3, -0.25) is 20.2 Å². The van der Waals surface area contributed by atoms with Gasteiger partial charge in [-0.05, 0) is 31.2 Å². The van der Waals surface area contributed by atoms with E-state index in [4.69, 9.17) is 4.74 Å². The average Bonchev–Trinajstić information content (AvgIpc) is 3.04. The van der Waals surface area contributed by atoms with Crippen molar-refractivity contribution in [3.05, 3.63) is 68.3 Å². The lowest BCUT2D eigenvalue weighted by molar-refractivity contribution is -0.396. The Hall–Kier alpha value is -2.95. The monoisotopic (exact) mass is 416 g/mol. The highest BCUT2D eigenvalue weighted by molar-refractivity contribution is 7.99. The molecule has 9 nitrogen and oxygen atoms in total. The molecule has 0 radical (unpaired) electrons. The van der Waals surface area contributed by atoms with Crippen LogP contribution in [0.15, 0.2) is 52.4 Å². The van der Waals surface area contributed by atoms with E-state index in [2.05, 4.69) is 10.3 Å². The van der Waals surface area contributed by atoms with Gasteiger partial charge in [-0.25, -0.2) is 0 Å². The maximum absolute atomic E-state index is 11.5. The van der Waals surface area contributed by atoms with Crippen LogP contribution >= 0.6 is 11.8 Å². The van der Waals surface area contributed by atoms with Crippen molar-refractivity contribution < 1.29 is 14.6 Å². The fourth-order valence-electron chi connectivity index (χ4n) is 3.12. The number of nitrogens with zero attached hydrogens (tertiary/aromatic N) is 2. The zero-order valence-corrected chi connectivity index (χ0v) is 16.7. The van der Waals surface area contributed by atoms with Crippen LogP contribution in [0, 0.1) is 20.2 Å². The second-order valence-electron chi connectivity index (χ2n) is 6.39. The quantitative estimate of drug-likeness (QED) is 0.400. The molecule has 1 atom stereocenters. The molecule has 2 aromatic carbocycles. The van der Waals surface area contributed by atoms with Crippen molar-refractivity contribution in [2.24, 2.45) is 0 Å². The molecule has 0 fully saturated rings. The van der Waals surface area contributed by atoms with Gasteiger partial charge in [0, 0.05) is 30.1 Å². The van der Waals surface area contributed by atoms with Crippen molar-refractivity contribution in [1.29, 1.82) is 0 Å². The summed E-state index contributed by atoms with van der Waals surface area (Å²) in [4.78, 5) is 24.9. The molecule has 2 N–H and O–H groups in total. The predicted octanol–water partition coefficient (Wildman–Crippen LogP) is 3.91. The van der Waals surface area contributed by atoms with Crippen LogP contribution in [0.1, 0.15) is 5.56 Å². The molecule has 0 spiro atoms. The zero-order valence-electron chi connectivity index (χ0n) is 15.9. The highest BCUT2D eigenvalue weighted by atomic mass is 32.2. The molecule has 152 valence electrons. The number of non-ortho nitro benzene ring substituents is 1. The molecule has 29 heavy (non-hydrogen) atoms. The summed E-state index contributed by atoms with van der Waals surface area (Å²) >= 11 is 1.20. The summed E-state index contributed by atoms with van der Waals surface area (Å²) in [7, 11) is 3.49. The molecule has 0 aliphatic carbocycles. The highest BCUT2D eigenvalue weighted by Crippen LogP contribution is 2.40. The first-order valence-electron chi connectivity index (χ1n) is 8.81. The van der Waals surface area contributed by atoms with Crippen LogP contribution in [0.25, 0.3) is 10.9 Å². The van der Waals surface area contributed by atoms with Crippen LogP contribution in [0.5, 0.6) is 0 Å². The molecule has 0 amide bonds. The van der Waals surface area contributed by atoms with Gasteiger partial charge in [0.25, 0.3) is 11.4 Å². The van der Waals surface area contributed by atoms with Gasteiger partial charge >= 0.3 is 0 Å². The highest BCUT2D eigenvalue weighted by Gasteiger charge is 2.23. The molecule has 10 heteroatoms. The number of benzene rings is 2. The summed E-state index contributed by atoms with van der Waals surface area (Å²) in [5.74, 6) is 0. The minimum atomic E-state index is -0.641. The van der Waals surface area contributed by atoms with Crippen molar-refractivity contribution in [3.63, 3.8) is 0 Å². The van der Waals surface area contributed by atoms with Gasteiger partial charge in [-0.1, -0.05) is 30.0 Å². The van der Waals surface area contributed by atoms with E-state index >= 15 is 0 Å². The van der Waals surface area contributed by atoms with Gasteiger partial charge in [-0.2, -0.15) is 0 Å². The van der Waals surface area contributed by atoms with E-state index in [0.717, 1.165) is 27.6 Å². The van der Waals surface area contributed by atoms with Crippen molar-refractivity contribution in [2.45, 2.75) is 22.4 Å². The predicted molar refractivity (Wildman–Crippen MR) is 111 cm³/mol. The molecular formula is C19H20N4O5S. The number of rotatable bonds is 9. The van der Waals surface area contributed by atoms with E-state index in [1.807, 2.05) is 31.3 Å². The SMILES string of the molecule is CNC(COC)Cc1c(Sc2ccc([N+](=O)[O-])cc2[N+](=O)[O-])[nH]c2ccccc12. The Labute approximate surface area is 170 Å². The number of nitrogens with one attached hydrogen (secondary N) is 2. The summed E-state index contributed by atoms with van der Waals surface area (Å²) in [5, 5.41) is 27.5. The van der Waals surface area contributed by atoms with E-state index in [1.165, 1.54) is 23.9 Å². The number of aromatic amines is 1. The first-order valence-corrected chi connectivity index (χ1v) is 9.62. The number of hydrogen-bond donors (Lipinski definition) is 2. The van der Waals surface area contributed by atoms with Crippen LogP contribution in [-0.2, 0) is 11.2 Å². The van der Waals surface area contributed by atoms with Crippen LogP contribution in [0.2, 0.25) is 0 Å². The molecule has 3 rings (SSSR count). The molecular weight excluding hydrogens is 396 g/mol. The summed E-state index contributed by atoms with van der Waals surface area (Å²) in [6.45, 7) is 0.512. The molecule has 0 aliphatic heterocycles. The Kier molecular flexibility index (Phi) is 6.47. The van der Waals surface area contributed by atoms with E-state index < -0.39 is 9.85 Å². The Morgan fingerprint density at radius 2 is 1.93 bits per heavy atom. The number of methoxy groups -OCH3 is 1. The molecule has 1 unspecified atom stereocenters. The number of nitro groups is 2. The summed E-state index contributed by atoms with van der Waals surface area (Å²) in [6.07, 6.45) is 0.650. The lowest BCUT2D eigenvalue weighted by Gasteiger charge is -2.15. The third kappa shape index (κ3) is 4.56. The third-order valence-electron chi connectivity index (χ3n) is 4.56. The van der Waals surface area contributed by atoms with Crippen molar-refractivity contribution in [1.82, 2.24) is 10.3 Å². The van der Waals surface area contributed by atoms with Gasteiger partial charge in [-0.15, -0.1) is 0 Å². The maximum Gasteiger partial charge on any atom is 0.290 e. The summed E-state index contributed by atoms with van der Waals surface area (Å²) in [5.41, 5.74) is 1.32. The van der Waals surface area contributed by atoms with Crippen molar-refractivity contribution in [3.8, 4) is 0 Å².